The Labute approximate surface area is 209 Å². The van der Waals surface area contributed by atoms with Gasteiger partial charge in [0.2, 0.25) is 17.7 Å². The molecule has 7 nitrogen and oxygen atoms in total. The van der Waals surface area contributed by atoms with Gasteiger partial charge in [0.05, 0.1) is 21.5 Å². The first-order valence-corrected chi connectivity index (χ1v) is 12.0. The van der Waals surface area contributed by atoms with Crippen LogP contribution < -0.4 is 4.74 Å². The lowest BCUT2D eigenvalue weighted by Gasteiger charge is -2.25. The van der Waals surface area contributed by atoms with Gasteiger partial charge in [0.1, 0.15) is 12.2 Å². The molecule has 2 amide bonds. The number of amides is 2. The molecule has 0 bridgehead atoms. The highest BCUT2D eigenvalue weighted by molar-refractivity contribution is 6.42. The van der Waals surface area contributed by atoms with Crippen molar-refractivity contribution < 1.29 is 14.3 Å². The van der Waals surface area contributed by atoms with Gasteiger partial charge in [-0.15, -0.1) is 0 Å². The maximum Gasteiger partial charge on any atom is 0.227 e. The van der Waals surface area contributed by atoms with Crippen LogP contribution in [-0.4, -0.2) is 58.9 Å². The van der Waals surface area contributed by atoms with Crippen LogP contribution in [0.2, 0.25) is 10.0 Å². The minimum absolute atomic E-state index is 0.000204. The zero-order chi connectivity index (χ0) is 24.4. The molecule has 0 aliphatic carbocycles. The molecule has 4 rings (SSSR count). The van der Waals surface area contributed by atoms with Crippen LogP contribution >= 0.6 is 23.2 Å². The summed E-state index contributed by atoms with van der Waals surface area (Å²) < 4.78 is 6.14. The summed E-state index contributed by atoms with van der Waals surface area (Å²) in [4.78, 5) is 32.9. The maximum absolute atomic E-state index is 13.4. The van der Waals surface area contributed by atoms with E-state index in [4.69, 9.17) is 33.2 Å². The monoisotopic (exact) mass is 500 g/mol. The van der Waals surface area contributed by atoms with E-state index in [1.54, 1.807) is 23.1 Å². The molecule has 1 aromatic carbocycles. The molecule has 9 heteroatoms. The summed E-state index contributed by atoms with van der Waals surface area (Å²) in [5.41, 5.74) is 1.46. The standard InChI is InChI=1S/C25H26Cl2N4O3/c1-15(34-24-6-3-17(10-28)11-29-24)20-13-31(25(33)19-7-8-30(12-19)16(2)32)14-21(20)18-4-5-22(26)23(27)9-18/h3-6,9,11,15,19-21H,7-8,12-14H2,1-2H3/t15-,19+,20+,21+/m0/s1. The van der Waals surface area contributed by atoms with E-state index in [0.29, 0.717) is 54.1 Å². The van der Waals surface area contributed by atoms with E-state index >= 15 is 0 Å². The van der Waals surface area contributed by atoms with Crippen LogP contribution in [0.5, 0.6) is 5.88 Å². The Hall–Kier alpha value is -2.82. The molecule has 2 fully saturated rings. The third-order valence-corrected chi connectivity index (χ3v) is 7.55. The molecule has 0 spiro atoms. The van der Waals surface area contributed by atoms with Gasteiger partial charge in [-0.3, -0.25) is 9.59 Å². The Morgan fingerprint density at radius 1 is 1.15 bits per heavy atom. The molecule has 1 aromatic heterocycles. The second-order valence-corrected chi connectivity index (χ2v) is 9.77. The highest BCUT2D eigenvalue weighted by Gasteiger charge is 2.43. The Morgan fingerprint density at radius 3 is 2.56 bits per heavy atom. The number of benzene rings is 1. The average molecular weight is 501 g/mol. The Kier molecular flexibility index (Phi) is 7.30. The van der Waals surface area contributed by atoms with E-state index in [9.17, 15) is 9.59 Å². The number of nitrogens with zero attached hydrogens (tertiary/aromatic N) is 4. The van der Waals surface area contributed by atoms with E-state index in [-0.39, 0.29) is 35.7 Å². The second kappa shape index (κ2) is 10.2. The zero-order valence-corrected chi connectivity index (χ0v) is 20.6. The number of hydrogen-bond donors (Lipinski definition) is 0. The maximum atomic E-state index is 13.4. The molecular weight excluding hydrogens is 475 g/mol. The fraction of sp³-hybridized carbons (Fsp3) is 0.440. The molecule has 2 aromatic rings. The van der Waals surface area contributed by atoms with E-state index in [2.05, 4.69) is 4.98 Å². The number of nitriles is 1. The van der Waals surface area contributed by atoms with Gasteiger partial charge >= 0.3 is 0 Å². The number of hydrogen-bond acceptors (Lipinski definition) is 5. The predicted molar refractivity (Wildman–Crippen MR) is 129 cm³/mol. The molecule has 0 saturated carbocycles. The van der Waals surface area contributed by atoms with Gasteiger partial charge in [-0.2, -0.15) is 5.26 Å². The Morgan fingerprint density at radius 2 is 1.94 bits per heavy atom. The minimum atomic E-state index is -0.255. The lowest BCUT2D eigenvalue weighted by molar-refractivity contribution is -0.134. The summed E-state index contributed by atoms with van der Waals surface area (Å²) in [6.45, 7) is 5.65. The highest BCUT2D eigenvalue weighted by Crippen LogP contribution is 2.39. The molecule has 0 unspecified atom stereocenters. The molecule has 0 N–H and O–H groups in total. The SMILES string of the molecule is CC(=O)N1CC[C@@H](C(=O)N2C[C@H]([C@H](C)Oc3ccc(C#N)cn3)[C@@H](c3ccc(Cl)c(Cl)c3)C2)C1. The van der Waals surface area contributed by atoms with Crippen molar-refractivity contribution in [2.45, 2.75) is 32.3 Å². The van der Waals surface area contributed by atoms with Crippen LogP contribution in [0, 0.1) is 23.2 Å². The summed E-state index contributed by atoms with van der Waals surface area (Å²) >= 11 is 12.4. The molecule has 178 valence electrons. The Balaban J connectivity index is 1.55. The van der Waals surface area contributed by atoms with Crippen molar-refractivity contribution in [3.8, 4) is 11.9 Å². The first-order valence-electron chi connectivity index (χ1n) is 11.3. The van der Waals surface area contributed by atoms with E-state index in [1.165, 1.54) is 13.1 Å². The lowest BCUT2D eigenvalue weighted by atomic mass is 9.86. The van der Waals surface area contributed by atoms with Crippen LogP contribution in [0.4, 0.5) is 0 Å². The highest BCUT2D eigenvalue weighted by atomic mass is 35.5. The summed E-state index contributed by atoms with van der Waals surface area (Å²) in [5.74, 6) is 0.298. The summed E-state index contributed by atoms with van der Waals surface area (Å²) in [6.07, 6.45) is 1.90. The quantitative estimate of drug-likeness (QED) is 0.615. The first kappa shape index (κ1) is 24.3. The number of likely N-dealkylation sites (tertiary alicyclic amines) is 2. The smallest absolute Gasteiger partial charge is 0.227 e. The predicted octanol–water partition coefficient (Wildman–Crippen LogP) is 4.14. The van der Waals surface area contributed by atoms with Gasteiger partial charge in [0.15, 0.2) is 0 Å². The number of pyridine rings is 1. The minimum Gasteiger partial charge on any atom is -0.474 e. The van der Waals surface area contributed by atoms with Gasteiger partial charge in [0, 0.05) is 57.2 Å². The van der Waals surface area contributed by atoms with Gasteiger partial charge in [-0.25, -0.2) is 4.98 Å². The molecular formula is C25H26Cl2N4O3. The largest absolute Gasteiger partial charge is 0.474 e. The van der Waals surface area contributed by atoms with Gasteiger partial charge < -0.3 is 14.5 Å². The van der Waals surface area contributed by atoms with Crippen LogP contribution in [0.15, 0.2) is 36.5 Å². The van der Waals surface area contributed by atoms with Crippen LogP contribution in [0.3, 0.4) is 0 Å². The van der Waals surface area contributed by atoms with Crippen molar-refractivity contribution in [3.63, 3.8) is 0 Å². The van der Waals surface area contributed by atoms with Crippen molar-refractivity contribution in [1.29, 1.82) is 5.26 Å². The average Bonchev–Trinajstić information content (AvgIpc) is 3.49. The van der Waals surface area contributed by atoms with Crippen LogP contribution in [0.25, 0.3) is 0 Å². The number of ether oxygens (including phenoxy) is 1. The number of aromatic nitrogens is 1. The number of carbonyl (C=O) groups excluding carboxylic acids is 2. The molecule has 2 saturated heterocycles. The molecule has 34 heavy (non-hydrogen) atoms. The van der Waals surface area contributed by atoms with Gasteiger partial charge in [-0.1, -0.05) is 29.3 Å². The molecule has 0 radical (unpaired) electrons. The van der Waals surface area contributed by atoms with E-state index < -0.39 is 0 Å². The van der Waals surface area contributed by atoms with Crippen molar-refractivity contribution in [1.82, 2.24) is 14.8 Å². The van der Waals surface area contributed by atoms with Gasteiger partial charge in [0.25, 0.3) is 0 Å². The zero-order valence-electron chi connectivity index (χ0n) is 19.1. The van der Waals surface area contributed by atoms with Crippen LogP contribution in [-0.2, 0) is 9.59 Å². The summed E-state index contributed by atoms with van der Waals surface area (Å²) in [6, 6.07) is 11.0. The van der Waals surface area contributed by atoms with Crippen molar-refractivity contribution >= 4 is 35.0 Å². The van der Waals surface area contributed by atoms with Crippen molar-refractivity contribution in [2.24, 2.45) is 11.8 Å². The third-order valence-electron chi connectivity index (χ3n) is 6.81. The lowest BCUT2D eigenvalue weighted by Crippen LogP contribution is -2.37. The topological polar surface area (TPSA) is 86.5 Å². The number of carbonyl (C=O) groups is 2. The number of rotatable bonds is 5. The van der Waals surface area contributed by atoms with Gasteiger partial charge in [-0.05, 0) is 37.1 Å². The Bertz CT molecular complexity index is 1120. The van der Waals surface area contributed by atoms with E-state index in [1.807, 2.05) is 30.0 Å². The summed E-state index contributed by atoms with van der Waals surface area (Å²) in [7, 11) is 0. The van der Waals surface area contributed by atoms with E-state index in [0.717, 1.165) is 5.56 Å². The molecule has 2 aliphatic heterocycles. The molecule has 3 heterocycles. The first-order chi connectivity index (χ1) is 16.3. The fourth-order valence-electron chi connectivity index (χ4n) is 4.88. The van der Waals surface area contributed by atoms with Crippen LogP contribution in [0.1, 0.15) is 37.3 Å². The van der Waals surface area contributed by atoms with Crippen molar-refractivity contribution in [3.05, 3.63) is 57.7 Å². The second-order valence-electron chi connectivity index (χ2n) is 8.96. The normalized spacial score (nSPS) is 23.0. The third kappa shape index (κ3) is 5.13. The molecule has 4 atom stereocenters. The molecule has 2 aliphatic rings. The summed E-state index contributed by atoms with van der Waals surface area (Å²) in [5, 5.41) is 9.94. The number of halogens is 2. The van der Waals surface area contributed by atoms with Crippen molar-refractivity contribution in [2.75, 3.05) is 26.2 Å². The fourth-order valence-corrected chi connectivity index (χ4v) is 5.19.